The van der Waals surface area contributed by atoms with Crippen LogP contribution in [0.2, 0.25) is 5.02 Å². The second-order valence-corrected chi connectivity index (χ2v) is 6.92. The van der Waals surface area contributed by atoms with Crippen molar-refractivity contribution in [1.29, 1.82) is 0 Å². The fraction of sp³-hybridized carbons (Fsp3) is 0.238. The van der Waals surface area contributed by atoms with Crippen LogP contribution in [0, 0.1) is 5.82 Å². The van der Waals surface area contributed by atoms with Crippen molar-refractivity contribution < 1.29 is 14.0 Å². The fourth-order valence-electron chi connectivity index (χ4n) is 2.94. The van der Waals surface area contributed by atoms with Crippen LogP contribution < -0.4 is 5.32 Å². The van der Waals surface area contributed by atoms with Crippen molar-refractivity contribution in [3.63, 3.8) is 0 Å². The van der Waals surface area contributed by atoms with E-state index in [9.17, 15) is 14.0 Å². The predicted molar refractivity (Wildman–Crippen MR) is 109 cm³/mol. The van der Waals surface area contributed by atoms with Crippen LogP contribution in [0.5, 0.6) is 0 Å². The van der Waals surface area contributed by atoms with Gasteiger partial charge >= 0.3 is 0 Å². The van der Waals surface area contributed by atoms with Crippen molar-refractivity contribution in [3.05, 3.63) is 71.0 Å². The molecule has 146 valence electrons. The van der Waals surface area contributed by atoms with Gasteiger partial charge in [0.25, 0.3) is 0 Å². The molecule has 0 aliphatic carbocycles. The lowest BCUT2D eigenvalue weighted by Gasteiger charge is -2.33. The number of anilines is 1. The van der Waals surface area contributed by atoms with E-state index in [1.54, 1.807) is 17.0 Å². The maximum atomic E-state index is 12.9. The quantitative estimate of drug-likeness (QED) is 0.782. The molecule has 0 bridgehead atoms. The van der Waals surface area contributed by atoms with Gasteiger partial charge in [0.15, 0.2) is 0 Å². The topological polar surface area (TPSA) is 52.7 Å². The zero-order valence-electron chi connectivity index (χ0n) is 15.3. The molecule has 0 spiro atoms. The summed E-state index contributed by atoms with van der Waals surface area (Å²) in [5.74, 6) is -0.581. The van der Waals surface area contributed by atoms with Gasteiger partial charge in [-0.2, -0.15) is 0 Å². The molecule has 0 aromatic heterocycles. The number of halogens is 2. The highest BCUT2D eigenvalue weighted by atomic mass is 35.5. The summed E-state index contributed by atoms with van der Waals surface area (Å²) >= 11 is 6.09. The number of carbonyl (C=O) groups excluding carboxylic acids is 2. The average Bonchev–Trinajstić information content (AvgIpc) is 2.69. The highest BCUT2D eigenvalue weighted by molar-refractivity contribution is 6.32. The van der Waals surface area contributed by atoms with E-state index in [1.165, 1.54) is 30.3 Å². The Morgan fingerprint density at radius 2 is 1.71 bits per heavy atom. The number of nitrogens with one attached hydrogen (secondary N) is 1. The monoisotopic (exact) mass is 401 g/mol. The number of hydrogen-bond donors (Lipinski definition) is 1. The largest absolute Gasteiger partial charge is 0.337 e. The van der Waals surface area contributed by atoms with E-state index < -0.39 is 0 Å². The van der Waals surface area contributed by atoms with Crippen LogP contribution in [0.1, 0.15) is 5.56 Å². The Hall–Kier alpha value is -2.70. The molecule has 1 aliphatic heterocycles. The Morgan fingerprint density at radius 1 is 1.04 bits per heavy atom. The first-order valence-electron chi connectivity index (χ1n) is 9.00. The summed E-state index contributed by atoms with van der Waals surface area (Å²) in [5, 5.41) is 3.34. The Kier molecular flexibility index (Phi) is 6.79. The molecule has 1 saturated heterocycles. The fourth-order valence-corrected chi connectivity index (χ4v) is 3.14. The van der Waals surface area contributed by atoms with Crippen molar-refractivity contribution in [2.75, 3.05) is 38.0 Å². The van der Waals surface area contributed by atoms with E-state index in [4.69, 9.17) is 11.6 Å². The SMILES string of the molecule is O=C(CN1CCN(C(=O)/C=C/c2ccccc2Cl)CC1)Nc1ccc(F)cc1. The van der Waals surface area contributed by atoms with Gasteiger partial charge in [-0.15, -0.1) is 0 Å². The van der Waals surface area contributed by atoms with Crippen molar-refractivity contribution in [1.82, 2.24) is 9.80 Å². The third kappa shape index (κ3) is 5.65. The van der Waals surface area contributed by atoms with Gasteiger partial charge in [0.1, 0.15) is 5.82 Å². The number of piperazine rings is 1. The minimum Gasteiger partial charge on any atom is -0.337 e. The molecule has 2 amide bonds. The van der Waals surface area contributed by atoms with Gasteiger partial charge in [0, 0.05) is 43.0 Å². The van der Waals surface area contributed by atoms with Crippen LogP contribution in [0.4, 0.5) is 10.1 Å². The zero-order valence-corrected chi connectivity index (χ0v) is 16.0. The Balaban J connectivity index is 1.45. The van der Waals surface area contributed by atoms with Crippen LogP contribution in [-0.4, -0.2) is 54.3 Å². The van der Waals surface area contributed by atoms with E-state index in [-0.39, 0.29) is 24.2 Å². The number of rotatable bonds is 5. The van der Waals surface area contributed by atoms with Gasteiger partial charge in [0.05, 0.1) is 6.54 Å². The molecule has 2 aromatic carbocycles. The minimum atomic E-state index is -0.345. The molecule has 1 aliphatic rings. The van der Waals surface area contributed by atoms with Crippen molar-refractivity contribution in [3.8, 4) is 0 Å². The number of hydrogen-bond acceptors (Lipinski definition) is 3. The molecular weight excluding hydrogens is 381 g/mol. The number of nitrogens with zero attached hydrogens (tertiary/aromatic N) is 2. The van der Waals surface area contributed by atoms with Crippen molar-refractivity contribution in [2.24, 2.45) is 0 Å². The van der Waals surface area contributed by atoms with E-state index in [0.717, 1.165) is 5.56 Å². The lowest BCUT2D eigenvalue weighted by Crippen LogP contribution is -2.50. The molecule has 0 atom stereocenters. The molecule has 0 unspecified atom stereocenters. The van der Waals surface area contributed by atoms with Gasteiger partial charge in [-0.3, -0.25) is 14.5 Å². The minimum absolute atomic E-state index is 0.0738. The first-order valence-corrected chi connectivity index (χ1v) is 9.38. The molecule has 7 heteroatoms. The van der Waals surface area contributed by atoms with E-state index in [0.29, 0.717) is 36.9 Å². The molecule has 2 aromatic rings. The highest BCUT2D eigenvalue weighted by Gasteiger charge is 2.21. The van der Waals surface area contributed by atoms with Crippen LogP contribution in [0.25, 0.3) is 6.08 Å². The van der Waals surface area contributed by atoms with Crippen LogP contribution in [0.15, 0.2) is 54.6 Å². The first kappa shape index (κ1) is 20.0. The summed E-state index contributed by atoms with van der Waals surface area (Å²) in [6.45, 7) is 2.56. The molecule has 1 N–H and O–H groups in total. The van der Waals surface area contributed by atoms with Crippen molar-refractivity contribution in [2.45, 2.75) is 0 Å². The Labute approximate surface area is 168 Å². The smallest absolute Gasteiger partial charge is 0.246 e. The molecule has 0 saturated carbocycles. The molecule has 0 radical (unpaired) electrons. The van der Waals surface area contributed by atoms with Gasteiger partial charge in [-0.05, 0) is 42.0 Å². The maximum Gasteiger partial charge on any atom is 0.246 e. The lowest BCUT2D eigenvalue weighted by molar-refractivity contribution is -0.127. The summed E-state index contributed by atoms with van der Waals surface area (Å²) in [6, 6.07) is 13.0. The summed E-state index contributed by atoms with van der Waals surface area (Å²) < 4.78 is 12.9. The third-order valence-electron chi connectivity index (χ3n) is 4.49. The van der Waals surface area contributed by atoms with Gasteiger partial charge < -0.3 is 10.2 Å². The molecule has 1 heterocycles. The average molecular weight is 402 g/mol. The summed E-state index contributed by atoms with van der Waals surface area (Å²) in [7, 11) is 0. The first-order chi connectivity index (χ1) is 13.5. The third-order valence-corrected chi connectivity index (χ3v) is 4.83. The van der Waals surface area contributed by atoms with Crippen LogP contribution in [-0.2, 0) is 9.59 Å². The molecule has 5 nitrogen and oxygen atoms in total. The number of carbonyl (C=O) groups is 2. The molecule has 3 rings (SSSR count). The molecule has 28 heavy (non-hydrogen) atoms. The second kappa shape index (κ2) is 9.48. The Bertz CT molecular complexity index is 862. The summed E-state index contributed by atoms with van der Waals surface area (Å²) in [4.78, 5) is 28.2. The number of amides is 2. The predicted octanol–water partition coefficient (Wildman–Crippen LogP) is 3.28. The van der Waals surface area contributed by atoms with Crippen molar-refractivity contribution >= 4 is 35.2 Å². The second-order valence-electron chi connectivity index (χ2n) is 6.51. The normalized spacial score (nSPS) is 15.0. The van der Waals surface area contributed by atoms with Crippen LogP contribution in [0.3, 0.4) is 0 Å². The van der Waals surface area contributed by atoms with E-state index in [2.05, 4.69) is 5.32 Å². The lowest BCUT2D eigenvalue weighted by atomic mass is 10.2. The summed E-state index contributed by atoms with van der Waals surface area (Å²) in [6.07, 6.45) is 3.24. The van der Waals surface area contributed by atoms with Gasteiger partial charge in [-0.25, -0.2) is 4.39 Å². The van der Waals surface area contributed by atoms with Crippen LogP contribution >= 0.6 is 11.6 Å². The zero-order chi connectivity index (χ0) is 19.9. The standard InChI is InChI=1S/C21H21ClFN3O2/c22-19-4-2-1-3-16(19)5-10-21(28)26-13-11-25(12-14-26)15-20(27)24-18-8-6-17(23)7-9-18/h1-10H,11-15H2,(H,24,27)/b10-5+. The van der Waals surface area contributed by atoms with Gasteiger partial charge in [0.2, 0.25) is 11.8 Å². The van der Waals surface area contributed by atoms with E-state index >= 15 is 0 Å². The van der Waals surface area contributed by atoms with Gasteiger partial charge in [-0.1, -0.05) is 29.8 Å². The van der Waals surface area contributed by atoms with E-state index in [1.807, 2.05) is 23.1 Å². The summed E-state index contributed by atoms with van der Waals surface area (Å²) in [5.41, 5.74) is 1.36. The number of benzene rings is 2. The Morgan fingerprint density at radius 3 is 2.39 bits per heavy atom. The molecular formula is C21H21ClFN3O2. The molecule has 1 fully saturated rings. The maximum absolute atomic E-state index is 12.9. The highest BCUT2D eigenvalue weighted by Crippen LogP contribution is 2.16.